The summed E-state index contributed by atoms with van der Waals surface area (Å²) in [6.07, 6.45) is 6.68. The highest BCUT2D eigenvalue weighted by Crippen LogP contribution is 2.51. The van der Waals surface area contributed by atoms with Crippen LogP contribution in [0.15, 0.2) is 34.0 Å². The van der Waals surface area contributed by atoms with Crippen molar-refractivity contribution in [1.82, 2.24) is 0 Å². The van der Waals surface area contributed by atoms with Crippen molar-refractivity contribution in [2.75, 3.05) is 0 Å². The van der Waals surface area contributed by atoms with Crippen LogP contribution in [0, 0.1) is 5.92 Å². The summed E-state index contributed by atoms with van der Waals surface area (Å²) in [5.74, 6) is 0.447. The summed E-state index contributed by atoms with van der Waals surface area (Å²) >= 11 is 0. The van der Waals surface area contributed by atoms with E-state index in [-0.39, 0.29) is 16.7 Å². The highest BCUT2D eigenvalue weighted by molar-refractivity contribution is 6.74. The third-order valence-electron chi connectivity index (χ3n) is 7.17. The summed E-state index contributed by atoms with van der Waals surface area (Å²) in [4.78, 5) is 12.7. The average Bonchev–Trinajstić information content (AvgIpc) is 2.70. The van der Waals surface area contributed by atoms with E-state index >= 15 is 0 Å². The predicted octanol–water partition coefficient (Wildman–Crippen LogP) is 7.52. The fourth-order valence-electron chi connectivity index (χ4n) is 4.09. The lowest BCUT2D eigenvalue weighted by atomic mass is 9.89. The van der Waals surface area contributed by atoms with Crippen LogP contribution in [0.5, 0.6) is 11.5 Å². The second-order valence-corrected chi connectivity index (χ2v) is 16.2. The van der Waals surface area contributed by atoms with E-state index in [1.54, 1.807) is 6.07 Å². The van der Waals surface area contributed by atoms with Gasteiger partial charge in [-0.2, -0.15) is 0 Å². The van der Waals surface area contributed by atoms with Gasteiger partial charge in [0.1, 0.15) is 17.1 Å². The van der Waals surface area contributed by atoms with E-state index in [0.717, 1.165) is 17.4 Å². The van der Waals surface area contributed by atoms with Crippen molar-refractivity contribution >= 4 is 25.4 Å². The molecule has 0 saturated heterocycles. The van der Waals surface area contributed by atoms with Gasteiger partial charge in [0.15, 0.2) is 13.9 Å². The molecule has 3 rings (SSSR count). The van der Waals surface area contributed by atoms with Gasteiger partial charge in [0, 0.05) is 12.0 Å². The van der Waals surface area contributed by atoms with Gasteiger partial charge in [0.05, 0.1) is 22.6 Å². The summed E-state index contributed by atoms with van der Waals surface area (Å²) in [6, 6.07) is 1.54. The van der Waals surface area contributed by atoms with Gasteiger partial charge in [0.25, 0.3) is 0 Å². The molecule has 0 spiro atoms. The Kier molecular flexibility index (Phi) is 6.99. The number of aryl methyl sites for hydroxylation is 1. The molecule has 1 N–H and O–H groups in total. The smallest absolute Gasteiger partial charge is 0.336 e. The first kappa shape index (κ1) is 26.3. The van der Waals surface area contributed by atoms with Crippen molar-refractivity contribution in [2.24, 2.45) is 5.92 Å². The molecule has 186 valence electrons. The number of fused-ring (bicyclic) bond motifs is 3. The molecular formula is C28H40O5Si. The lowest BCUT2D eigenvalue weighted by Gasteiger charge is -2.41. The normalized spacial score (nSPS) is 17.2. The number of hydrogen-bond donors (Lipinski definition) is 1. The Bertz CT molecular complexity index is 1180. The average molecular weight is 485 g/mol. The van der Waals surface area contributed by atoms with Crippen LogP contribution in [0.2, 0.25) is 18.1 Å². The number of aromatic hydroxyl groups is 1. The largest absolute Gasteiger partial charge is 0.507 e. The molecule has 2 aromatic rings. The second kappa shape index (κ2) is 9.04. The molecule has 2 atom stereocenters. The van der Waals surface area contributed by atoms with E-state index in [1.165, 1.54) is 0 Å². The Hall–Kier alpha value is -2.31. The number of phenols is 1. The van der Waals surface area contributed by atoms with Crippen molar-refractivity contribution in [2.45, 2.75) is 91.1 Å². The van der Waals surface area contributed by atoms with E-state index in [0.29, 0.717) is 28.9 Å². The summed E-state index contributed by atoms with van der Waals surface area (Å²) in [7, 11) is -2.27. The van der Waals surface area contributed by atoms with E-state index in [2.05, 4.69) is 47.4 Å². The van der Waals surface area contributed by atoms with E-state index in [4.69, 9.17) is 13.6 Å². The van der Waals surface area contributed by atoms with E-state index in [1.807, 2.05) is 39.0 Å². The molecule has 34 heavy (non-hydrogen) atoms. The van der Waals surface area contributed by atoms with Gasteiger partial charge in [-0.05, 0) is 56.1 Å². The molecule has 1 aromatic carbocycles. The lowest BCUT2D eigenvalue weighted by Crippen LogP contribution is -2.42. The molecule has 2 heterocycles. The van der Waals surface area contributed by atoms with Gasteiger partial charge < -0.3 is 18.7 Å². The molecule has 0 amide bonds. The van der Waals surface area contributed by atoms with Crippen LogP contribution in [0.1, 0.15) is 77.7 Å². The number of phenolic OH excluding ortho intramolecular Hbond substituents is 1. The highest BCUT2D eigenvalue weighted by Gasteiger charge is 2.42. The Morgan fingerprint density at radius 3 is 2.50 bits per heavy atom. The van der Waals surface area contributed by atoms with E-state index in [9.17, 15) is 9.90 Å². The number of benzene rings is 1. The molecule has 0 fully saturated rings. The number of rotatable bonds is 7. The zero-order valence-corrected chi connectivity index (χ0v) is 23.2. The molecule has 5 nitrogen and oxygen atoms in total. The minimum absolute atomic E-state index is 0.0310. The standard InChI is InChI=1S/C28H40O5Si/c1-11-13-18-16-20(29)31-26-21(18)25-19(14-15-28(7,8)32-25)23(30)22(26)24(17(3)12-2)33-34(9,10)27(4,5)6/h12,14-17,24,30H,2,11,13H2,1,3-10H3/t17-,24-/m0/s1. The van der Waals surface area contributed by atoms with Crippen LogP contribution in [-0.4, -0.2) is 19.0 Å². The van der Waals surface area contributed by atoms with Gasteiger partial charge in [-0.25, -0.2) is 4.79 Å². The summed E-state index contributed by atoms with van der Waals surface area (Å²) in [6.45, 7) is 22.9. The SMILES string of the molecule is C=C[C@H](C)[C@H](O[Si](C)(C)C(C)(C)C)c1c(O)c2c(c3c(CCC)cc(=O)oc13)OC(C)(C)C=C2. The molecule has 0 radical (unpaired) electrons. The highest BCUT2D eigenvalue weighted by atomic mass is 28.4. The summed E-state index contributed by atoms with van der Waals surface area (Å²) in [5.41, 5.74) is 1.28. The van der Waals surface area contributed by atoms with E-state index < -0.39 is 25.6 Å². The van der Waals surface area contributed by atoms with Gasteiger partial charge >= 0.3 is 5.63 Å². The van der Waals surface area contributed by atoms with Crippen molar-refractivity contribution in [1.29, 1.82) is 0 Å². The van der Waals surface area contributed by atoms with Gasteiger partial charge in [-0.3, -0.25) is 0 Å². The number of hydrogen-bond acceptors (Lipinski definition) is 5. The maximum absolute atomic E-state index is 12.7. The second-order valence-electron chi connectivity index (χ2n) is 11.5. The van der Waals surface area contributed by atoms with Crippen LogP contribution in [0.4, 0.5) is 0 Å². The fraction of sp³-hybridized carbons (Fsp3) is 0.536. The van der Waals surface area contributed by atoms with Crippen molar-refractivity contribution in [3.8, 4) is 11.5 Å². The Balaban J connectivity index is 2.46. The zero-order chi connectivity index (χ0) is 25.6. The summed E-state index contributed by atoms with van der Waals surface area (Å²) < 4.78 is 19.1. The van der Waals surface area contributed by atoms with Gasteiger partial charge in [-0.1, -0.05) is 47.1 Å². The third kappa shape index (κ3) is 4.75. The van der Waals surface area contributed by atoms with Crippen LogP contribution in [-0.2, 0) is 10.8 Å². The molecule has 0 saturated carbocycles. The third-order valence-corrected chi connectivity index (χ3v) is 11.6. The topological polar surface area (TPSA) is 68.9 Å². The molecule has 0 aliphatic carbocycles. The number of ether oxygens (including phenoxy) is 1. The zero-order valence-electron chi connectivity index (χ0n) is 22.2. The van der Waals surface area contributed by atoms with Crippen LogP contribution in [0.25, 0.3) is 17.0 Å². The minimum Gasteiger partial charge on any atom is -0.507 e. The fourth-order valence-corrected chi connectivity index (χ4v) is 5.41. The maximum atomic E-state index is 12.7. The van der Waals surface area contributed by atoms with Crippen LogP contribution in [0.3, 0.4) is 0 Å². The molecule has 1 aromatic heterocycles. The Labute approximate surface area is 204 Å². The maximum Gasteiger partial charge on any atom is 0.336 e. The van der Waals surface area contributed by atoms with Gasteiger partial charge in [-0.15, -0.1) is 6.58 Å². The quantitative estimate of drug-likeness (QED) is 0.250. The molecule has 0 bridgehead atoms. The first-order valence-electron chi connectivity index (χ1n) is 12.2. The van der Waals surface area contributed by atoms with Crippen LogP contribution >= 0.6 is 0 Å². The van der Waals surface area contributed by atoms with Crippen molar-refractivity contribution < 1.29 is 18.7 Å². The lowest BCUT2D eigenvalue weighted by molar-refractivity contribution is 0.143. The molecule has 0 unspecified atom stereocenters. The van der Waals surface area contributed by atoms with Crippen molar-refractivity contribution in [3.63, 3.8) is 0 Å². The first-order chi connectivity index (χ1) is 15.6. The first-order valence-corrected chi connectivity index (χ1v) is 15.1. The molecule has 6 heteroatoms. The van der Waals surface area contributed by atoms with Crippen LogP contribution < -0.4 is 10.4 Å². The summed E-state index contributed by atoms with van der Waals surface area (Å²) in [5, 5.41) is 12.3. The molecular weight excluding hydrogens is 444 g/mol. The minimum atomic E-state index is -2.27. The predicted molar refractivity (Wildman–Crippen MR) is 142 cm³/mol. The Morgan fingerprint density at radius 1 is 1.29 bits per heavy atom. The monoisotopic (exact) mass is 484 g/mol. The Morgan fingerprint density at radius 2 is 1.94 bits per heavy atom. The van der Waals surface area contributed by atoms with Gasteiger partial charge in [0.2, 0.25) is 0 Å². The van der Waals surface area contributed by atoms with Crippen molar-refractivity contribution in [3.05, 3.63) is 51.9 Å². The molecule has 1 aliphatic heterocycles. The molecule has 1 aliphatic rings.